The first-order chi connectivity index (χ1) is 16.4. The fourth-order valence-electron chi connectivity index (χ4n) is 2.97. The quantitative estimate of drug-likeness (QED) is 0.219. The number of anilines is 5. The van der Waals surface area contributed by atoms with E-state index >= 15 is 0 Å². The van der Waals surface area contributed by atoms with Gasteiger partial charge in [0.2, 0.25) is 0 Å². The number of amides is 1. The molecule has 8 heteroatoms. The SMILES string of the molecule is Nc1ccccc1N.O=C(O)c1ccccc1Cl.O=C1Nc2ccccc2Nc2ccccc21. The molecule has 4 aromatic rings. The number of carboxylic acids is 1. The Morgan fingerprint density at radius 1 is 0.676 bits per heavy atom. The molecule has 0 radical (unpaired) electrons. The molecule has 7 N–H and O–H groups in total. The molecule has 0 saturated carbocycles. The zero-order valence-corrected chi connectivity index (χ0v) is 18.8. The van der Waals surface area contributed by atoms with Crippen molar-refractivity contribution in [1.29, 1.82) is 0 Å². The lowest BCUT2D eigenvalue weighted by atomic mass is 10.1. The lowest BCUT2D eigenvalue weighted by Gasteiger charge is -2.07. The molecule has 0 saturated heterocycles. The van der Waals surface area contributed by atoms with E-state index < -0.39 is 5.97 Å². The highest BCUT2D eigenvalue weighted by Crippen LogP contribution is 2.31. The number of fused-ring (bicyclic) bond motifs is 2. The predicted octanol–water partition coefficient (Wildman–Crippen LogP) is 5.89. The molecule has 172 valence electrons. The van der Waals surface area contributed by atoms with Crippen LogP contribution >= 0.6 is 11.6 Å². The van der Waals surface area contributed by atoms with Crippen molar-refractivity contribution in [2.75, 3.05) is 22.1 Å². The van der Waals surface area contributed by atoms with Gasteiger partial charge in [-0.3, -0.25) is 4.79 Å². The van der Waals surface area contributed by atoms with Crippen LogP contribution in [0.1, 0.15) is 20.7 Å². The Hall–Kier alpha value is -4.49. The lowest BCUT2D eigenvalue weighted by Crippen LogP contribution is -2.10. The molecule has 34 heavy (non-hydrogen) atoms. The van der Waals surface area contributed by atoms with E-state index in [0.29, 0.717) is 16.9 Å². The summed E-state index contributed by atoms with van der Waals surface area (Å²) in [6, 6.07) is 28.7. The van der Waals surface area contributed by atoms with Gasteiger partial charge < -0.3 is 27.2 Å². The summed E-state index contributed by atoms with van der Waals surface area (Å²) in [5, 5.41) is 14.9. The van der Waals surface area contributed by atoms with Crippen LogP contribution in [0.2, 0.25) is 5.02 Å². The van der Waals surface area contributed by atoms with Gasteiger partial charge in [-0.2, -0.15) is 0 Å². The molecule has 4 aromatic carbocycles. The van der Waals surface area contributed by atoms with Crippen LogP contribution in [0, 0.1) is 0 Å². The van der Waals surface area contributed by atoms with Gasteiger partial charge in [-0.25, -0.2) is 4.79 Å². The first kappa shape index (κ1) is 24.2. The Morgan fingerprint density at radius 2 is 1.15 bits per heavy atom. The fraction of sp³-hybridized carbons (Fsp3) is 0. The van der Waals surface area contributed by atoms with Gasteiger partial charge in [-0.1, -0.05) is 60.1 Å². The number of nitrogens with two attached hydrogens (primary N) is 2. The maximum Gasteiger partial charge on any atom is 0.337 e. The average molecular weight is 475 g/mol. The van der Waals surface area contributed by atoms with Crippen molar-refractivity contribution in [2.45, 2.75) is 0 Å². The average Bonchev–Trinajstić information content (AvgIpc) is 2.98. The van der Waals surface area contributed by atoms with Crippen LogP contribution in [0.3, 0.4) is 0 Å². The Morgan fingerprint density at radius 3 is 1.68 bits per heavy atom. The van der Waals surface area contributed by atoms with Crippen LogP contribution in [0.4, 0.5) is 28.4 Å². The summed E-state index contributed by atoms with van der Waals surface area (Å²) >= 11 is 5.54. The van der Waals surface area contributed by atoms with Gasteiger partial charge in [-0.15, -0.1) is 0 Å². The van der Waals surface area contributed by atoms with Gasteiger partial charge in [-0.05, 0) is 48.5 Å². The summed E-state index contributed by atoms with van der Waals surface area (Å²) in [7, 11) is 0. The number of rotatable bonds is 1. The van der Waals surface area contributed by atoms with Crippen molar-refractivity contribution < 1.29 is 14.7 Å². The van der Waals surface area contributed by atoms with Crippen molar-refractivity contribution in [3.05, 3.63) is 113 Å². The molecule has 1 aliphatic rings. The van der Waals surface area contributed by atoms with Crippen LogP contribution in [-0.2, 0) is 0 Å². The smallest absolute Gasteiger partial charge is 0.337 e. The second-order valence-electron chi connectivity index (χ2n) is 7.08. The molecule has 0 unspecified atom stereocenters. The number of carbonyl (C=O) groups excluding carboxylic acids is 1. The maximum atomic E-state index is 11.9. The predicted molar refractivity (Wildman–Crippen MR) is 138 cm³/mol. The van der Waals surface area contributed by atoms with E-state index in [1.165, 1.54) is 6.07 Å². The molecule has 0 aliphatic carbocycles. The highest BCUT2D eigenvalue weighted by atomic mass is 35.5. The summed E-state index contributed by atoms with van der Waals surface area (Å²) in [5.41, 5.74) is 15.5. The van der Waals surface area contributed by atoms with Crippen molar-refractivity contribution in [3.8, 4) is 0 Å². The molecule has 7 nitrogen and oxygen atoms in total. The Bertz CT molecular complexity index is 1290. The standard InChI is InChI=1S/C13H10N2O.C7H5ClO2.C6H8N2/c16-13-9-5-1-2-6-10(9)14-11-7-3-4-8-12(11)15-13;8-6-4-2-1-3-5(6)7(9)10;7-5-3-1-2-4-6(5)8/h1-8,14H,(H,15,16);1-4H,(H,9,10);1-4H,7-8H2. The molecule has 0 atom stereocenters. The zero-order valence-electron chi connectivity index (χ0n) is 18.0. The van der Waals surface area contributed by atoms with Gasteiger partial charge in [0.15, 0.2) is 0 Å². The van der Waals surface area contributed by atoms with E-state index in [0.717, 1.165) is 17.1 Å². The number of carbonyl (C=O) groups is 2. The topological polar surface area (TPSA) is 130 Å². The van der Waals surface area contributed by atoms with Crippen LogP contribution in [-0.4, -0.2) is 17.0 Å². The van der Waals surface area contributed by atoms with E-state index in [1.807, 2.05) is 60.7 Å². The third kappa shape index (κ3) is 6.27. The van der Waals surface area contributed by atoms with Gasteiger partial charge >= 0.3 is 5.97 Å². The fourth-order valence-corrected chi connectivity index (χ4v) is 3.19. The maximum absolute atomic E-state index is 11.9. The number of para-hydroxylation sites is 5. The summed E-state index contributed by atoms with van der Waals surface area (Å²) < 4.78 is 0. The van der Waals surface area contributed by atoms with E-state index in [1.54, 1.807) is 30.3 Å². The van der Waals surface area contributed by atoms with Gasteiger partial charge in [0.25, 0.3) is 5.91 Å². The van der Waals surface area contributed by atoms with Gasteiger partial charge in [0.1, 0.15) is 0 Å². The summed E-state index contributed by atoms with van der Waals surface area (Å²) in [5.74, 6) is -1.07. The number of aromatic carboxylic acids is 1. The van der Waals surface area contributed by atoms with Gasteiger partial charge in [0.05, 0.1) is 44.6 Å². The molecule has 0 aromatic heterocycles. The molecule has 1 amide bonds. The number of nitrogen functional groups attached to an aromatic ring is 2. The van der Waals surface area contributed by atoms with Gasteiger partial charge in [0, 0.05) is 0 Å². The summed E-state index contributed by atoms with van der Waals surface area (Å²) in [6.07, 6.45) is 0. The normalized spacial score (nSPS) is 10.9. The first-order valence-electron chi connectivity index (χ1n) is 10.2. The number of nitrogens with one attached hydrogen (secondary N) is 2. The third-order valence-corrected chi connectivity index (χ3v) is 5.05. The first-order valence-corrected chi connectivity index (χ1v) is 10.6. The number of halogens is 1. The monoisotopic (exact) mass is 474 g/mol. The van der Waals surface area contributed by atoms with E-state index in [2.05, 4.69) is 10.6 Å². The highest BCUT2D eigenvalue weighted by Gasteiger charge is 2.17. The minimum Gasteiger partial charge on any atom is -0.478 e. The van der Waals surface area contributed by atoms with E-state index in [4.69, 9.17) is 28.2 Å². The molecule has 0 spiro atoms. The molecule has 1 aliphatic heterocycles. The minimum atomic E-state index is -0.995. The van der Waals surface area contributed by atoms with Crippen molar-refractivity contribution in [3.63, 3.8) is 0 Å². The number of hydrogen-bond acceptors (Lipinski definition) is 5. The molecule has 0 bridgehead atoms. The van der Waals surface area contributed by atoms with E-state index in [-0.39, 0.29) is 16.5 Å². The Labute approximate surface area is 202 Å². The molecule has 5 rings (SSSR count). The zero-order chi connectivity index (χ0) is 24.5. The number of carboxylic acid groups (broad SMARTS) is 1. The molecular formula is C26H23ClN4O3. The molecular weight excluding hydrogens is 452 g/mol. The third-order valence-electron chi connectivity index (χ3n) is 4.72. The van der Waals surface area contributed by atoms with Crippen LogP contribution < -0.4 is 22.1 Å². The second kappa shape index (κ2) is 11.4. The lowest BCUT2D eigenvalue weighted by molar-refractivity contribution is 0.0697. The van der Waals surface area contributed by atoms with Crippen molar-refractivity contribution in [1.82, 2.24) is 0 Å². The van der Waals surface area contributed by atoms with Crippen LogP contribution in [0.25, 0.3) is 0 Å². The largest absolute Gasteiger partial charge is 0.478 e. The Kier molecular flexibility index (Phi) is 8.10. The Balaban J connectivity index is 0.000000155. The van der Waals surface area contributed by atoms with E-state index in [9.17, 15) is 9.59 Å². The minimum absolute atomic E-state index is 0.0759. The molecule has 0 fully saturated rings. The number of hydrogen-bond donors (Lipinski definition) is 5. The molecule has 1 heterocycles. The summed E-state index contributed by atoms with van der Waals surface area (Å²) in [6.45, 7) is 0. The second-order valence-corrected chi connectivity index (χ2v) is 7.49. The summed E-state index contributed by atoms with van der Waals surface area (Å²) in [4.78, 5) is 22.3. The number of benzene rings is 4. The van der Waals surface area contributed by atoms with Crippen LogP contribution in [0.15, 0.2) is 97.1 Å². The van der Waals surface area contributed by atoms with Crippen molar-refractivity contribution >= 4 is 51.9 Å². The highest BCUT2D eigenvalue weighted by molar-refractivity contribution is 6.33. The van der Waals surface area contributed by atoms with Crippen molar-refractivity contribution in [2.24, 2.45) is 0 Å². The van der Waals surface area contributed by atoms with Crippen LogP contribution in [0.5, 0.6) is 0 Å².